The fraction of sp³-hybridized carbons (Fsp3) is 0.467. The predicted octanol–water partition coefficient (Wildman–Crippen LogP) is 2.43. The monoisotopic (exact) mass is 289 g/mol. The number of methoxy groups -OCH3 is 1. The molecule has 0 saturated carbocycles. The number of ether oxygens (including phenoxy) is 2. The first-order chi connectivity index (χ1) is 10.2. The molecular weight excluding hydrogens is 270 g/mol. The first kappa shape index (κ1) is 13.7. The normalized spacial score (nSPS) is 17.3. The van der Waals surface area contributed by atoms with Gasteiger partial charge in [0.1, 0.15) is 17.6 Å². The van der Waals surface area contributed by atoms with Gasteiger partial charge in [0.25, 0.3) is 0 Å². The van der Waals surface area contributed by atoms with Gasteiger partial charge in [-0.25, -0.2) is 0 Å². The Morgan fingerprint density at radius 2 is 2.14 bits per heavy atom. The molecular formula is C15H19N3O3. The summed E-state index contributed by atoms with van der Waals surface area (Å²) < 4.78 is 16.8. The molecule has 0 N–H and O–H groups in total. The minimum atomic E-state index is 0.111. The lowest BCUT2D eigenvalue weighted by atomic mass is 10.2. The first-order valence-electron chi connectivity index (χ1n) is 7.10. The molecule has 1 aromatic heterocycles. The summed E-state index contributed by atoms with van der Waals surface area (Å²) in [4.78, 5) is 2.18. The van der Waals surface area contributed by atoms with Crippen molar-refractivity contribution in [2.24, 2.45) is 0 Å². The van der Waals surface area contributed by atoms with Crippen LogP contribution in [0.15, 0.2) is 22.6 Å². The maximum Gasteiger partial charge on any atom is 0.235 e. The van der Waals surface area contributed by atoms with E-state index in [9.17, 15) is 0 Å². The zero-order chi connectivity index (χ0) is 14.8. The molecule has 1 aliphatic heterocycles. The number of aryl methyl sites for hydroxylation is 1. The second-order valence-corrected chi connectivity index (χ2v) is 5.09. The van der Waals surface area contributed by atoms with Gasteiger partial charge in [-0.15, -0.1) is 10.2 Å². The number of rotatable bonds is 4. The van der Waals surface area contributed by atoms with Gasteiger partial charge in [0.15, 0.2) is 0 Å². The molecule has 0 spiro atoms. The standard InChI is InChI=1S/C15H19N3O3/c1-4-14-16-17-15(21-14)9-18-8-10(2)20-13-6-5-11(19-3)7-12(13)18/h5-7,10H,4,8-9H2,1-3H3/t10-/m1/s1. The van der Waals surface area contributed by atoms with Crippen LogP contribution in [0.5, 0.6) is 11.5 Å². The maximum absolute atomic E-state index is 5.86. The van der Waals surface area contributed by atoms with Crippen molar-refractivity contribution in [2.45, 2.75) is 32.9 Å². The first-order valence-corrected chi connectivity index (χ1v) is 7.10. The largest absolute Gasteiger partial charge is 0.497 e. The second kappa shape index (κ2) is 5.63. The Kier molecular flexibility index (Phi) is 3.68. The number of hydrogen-bond acceptors (Lipinski definition) is 6. The van der Waals surface area contributed by atoms with Crippen LogP contribution in [0.2, 0.25) is 0 Å². The van der Waals surface area contributed by atoms with Gasteiger partial charge >= 0.3 is 0 Å². The molecule has 0 unspecified atom stereocenters. The van der Waals surface area contributed by atoms with Crippen LogP contribution in [0.3, 0.4) is 0 Å². The Labute approximate surface area is 123 Å². The fourth-order valence-electron chi connectivity index (χ4n) is 2.44. The van der Waals surface area contributed by atoms with Gasteiger partial charge in [0.2, 0.25) is 11.8 Å². The molecule has 3 rings (SSSR count). The van der Waals surface area contributed by atoms with E-state index in [-0.39, 0.29) is 6.10 Å². The van der Waals surface area contributed by atoms with Gasteiger partial charge in [-0.05, 0) is 19.1 Å². The summed E-state index contributed by atoms with van der Waals surface area (Å²) in [6.45, 7) is 5.38. The van der Waals surface area contributed by atoms with Crippen molar-refractivity contribution in [2.75, 3.05) is 18.6 Å². The molecule has 21 heavy (non-hydrogen) atoms. The van der Waals surface area contributed by atoms with Crippen molar-refractivity contribution < 1.29 is 13.9 Å². The highest BCUT2D eigenvalue weighted by atomic mass is 16.5. The molecule has 0 bridgehead atoms. The molecule has 2 heterocycles. The van der Waals surface area contributed by atoms with Crippen molar-refractivity contribution >= 4 is 5.69 Å². The van der Waals surface area contributed by atoms with E-state index in [0.29, 0.717) is 18.3 Å². The molecule has 6 nitrogen and oxygen atoms in total. The van der Waals surface area contributed by atoms with E-state index < -0.39 is 0 Å². The number of hydrogen-bond donors (Lipinski definition) is 0. The van der Waals surface area contributed by atoms with Crippen LogP contribution >= 0.6 is 0 Å². The minimum Gasteiger partial charge on any atom is -0.497 e. The molecule has 0 saturated heterocycles. The van der Waals surface area contributed by atoms with Crippen LogP contribution in [-0.4, -0.2) is 30.0 Å². The summed E-state index contributed by atoms with van der Waals surface area (Å²) in [7, 11) is 1.66. The number of aromatic nitrogens is 2. The molecule has 0 fully saturated rings. The Hall–Kier alpha value is -2.24. The highest BCUT2D eigenvalue weighted by Gasteiger charge is 2.25. The SMILES string of the molecule is CCc1nnc(CN2C[C@@H](C)Oc3ccc(OC)cc32)o1. The third kappa shape index (κ3) is 2.79. The lowest BCUT2D eigenvalue weighted by Crippen LogP contribution is -2.38. The van der Waals surface area contributed by atoms with Crippen LogP contribution in [0.1, 0.15) is 25.6 Å². The van der Waals surface area contributed by atoms with Gasteiger partial charge in [0, 0.05) is 12.5 Å². The smallest absolute Gasteiger partial charge is 0.235 e. The molecule has 0 radical (unpaired) electrons. The molecule has 112 valence electrons. The van der Waals surface area contributed by atoms with Crippen molar-refractivity contribution in [3.05, 3.63) is 30.0 Å². The topological polar surface area (TPSA) is 60.6 Å². The van der Waals surface area contributed by atoms with E-state index in [0.717, 1.165) is 30.2 Å². The van der Waals surface area contributed by atoms with E-state index in [1.54, 1.807) is 7.11 Å². The summed E-state index contributed by atoms with van der Waals surface area (Å²) in [5.41, 5.74) is 0.990. The zero-order valence-electron chi connectivity index (χ0n) is 12.5. The van der Waals surface area contributed by atoms with Crippen molar-refractivity contribution in [3.63, 3.8) is 0 Å². The van der Waals surface area contributed by atoms with Crippen molar-refractivity contribution in [1.29, 1.82) is 0 Å². The van der Waals surface area contributed by atoms with Gasteiger partial charge in [-0.2, -0.15) is 0 Å². The van der Waals surface area contributed by atoms with Crippen LogP contribution in [0.25, 0.3) is 0 Å². The van der Waals surface area contributed by atoms with Crippen LogP contribution in [0.4, 0.5) is 5.69 Å². The van der Waals surface area contributed by atoms with Gasteiger partial charge < -0.3 is 18.8 Å². The Bertz CT molecular complexity index is 626. The average Bonchev–Trinajstić information content (AvgIpc) is 2.94. The van der Waals surface area contributed by atoms with Gasteiger partial charge in [0.05, 0.1) is 25.9 Å². The molecule has 6 heteroatoms. The lowest BCUT2D eigenvalue weighted by Gasteiger charge is -2.34. The summed E-state index contributed by atoms with van der Waals surface area (Å²) in [6, 6.07) is 5.80. The highest BCUT2D eigenvalue weighted by molar-refractivity contribution is 5.63. The number of benzene rings is 1. The summed E-state index contributed by atoms with van der Waals surface area (Å²) >= 11 is 0. The van der Waals surface area contributed by atoms with Gasteiger partial charge in [-0.1, -0.05) is 6.92 Å². The third-order valence-electron chi connectivity index (χ3n) is 3.45. The molecule has 1 aliphatic rings. The molecule has 1 atom stereocenters. The summed E-state index contributed by atoms with van der Waals surface area (Å²) in [6.07, 6.45) is 0.858. The van der Waals surface area contributed by atoms with E-state index in [1.165, 1.54) is 0 Å². The molecule has 1 aromatic carbocycles. The fourth-order valence-corrected chi connectivity index (χ4v) is 2.44. The highest BCUT2D eigenvalue weighted by Crippen LogP contribution is 2.37. The number of fused-ring (bicyclic) bond motifs is 1. The Morgan fingerprint density at radius 3 is 2.86 bits per heavy atom. The van der Waals surface area contributed by atoms with Gasteiger partial charge in [-0.3, -0.25) is 0 Å². The molecule has 2 aromatic rings. The van der Waals surface area contributed by atoms with E-state index >= 15 is 0 Å². The predicted molar refractivity (Wildman–Crippen MR) is 77.8 cm³/mol. The Morgan fingerprint density at radius 1 is 1.33 bits per heavy atom. The van der Waals surface area contributed by atoms with E-state index in [1.807, 2.05) is 32.0 Å². The molecule has 0 amide bonds. The lowest BCUT2D eigenvalue weighted by molar-refractivity contribution is 0.210. The number of anilines is 1. The van der Waals surface area contributed by atoms with Crippen molar-refractivity contribution in [3.8, 4) is 11.5 Å². The van der Waals surface area contributed by atoms with Crippen LogP contribution in [-0.2, 0) is 13.0 Å². The minimum absolute atomic E-state index is 0.111. The van der Waals surface area contributed by atoms with E-state index in [4.69, 9.17) is 13.9 Å². The van der Waals surface area contributed by atoms with Crippen molar-refractivity contribution in [1.82, 2.24) is 10.2 Å². The van der Waals surface area contributed by atoms with Crippen LogP contribution < -0.4 is 14.4 Å². The summed E-state index contributed by atoms with van der Waals surface area (Å²) in [5.74, 6) is 2.94. The zero-order valence-corrected chi connectivity index (χ0v) is 12.5. The quantitative estimate of drug-likeness (QED) is 0.861. The average molecular weight is 289 g/mol. The van der Waals surface area contributed by atoms with Crippen LogP contribution in [0, 0.1) is 0 Å². The summed E-state index contributed by atoms with van der Waals surface area (Å²) in [5, 5.41) is 8.10. The Balaban J connectivity index is 1.88. The van der Waals surface area contributed by atoms with E-state index in [2.05, 4.69) is 15.1 Å². The second-order valence-electron chi connectivity index (χ2n) is 5.09. The molecule has 0 aliphatic carbocycles. The maximum atomic E-state index is 5.86. The number of nitrogens with zero attached hydrogens (tertiary/aromatic N) is 3. The third-order valence-corrected chi connectivity index (χ3v) is 3.45.